The van der Waals surface area contributed by atoms with Gasteiger partial charge in [0.2, 0.25) is 0 Å². The van der Waals surface area contributed by atoms with Crippen molar-refractivity contribution in [2.24, 2.45) is 0 Å². The molecule has 6 nitrogen and oxygen atoms in total. The van der Waals surface area contributed by atoms with Gasteiger partial charge in [0.25, 0.3) is 11.6 Å². The van der Waals surface area contributed by atoms with Gasteiger partial charge in [0.15, 0.2) is 5.78 Å². The highest BCUT2D eigenvalue weighted by Gasteiger charge is 2.35. The lowest BCUT2D eigenvalue weighted by Crippen LogP contribution is -2.21. The molecule has 1 N–H and O–H groups in total. The molecule has 1 aliphatic heterocycles. The number of benzene rings is 2. The molecule has 1 atom stereocenters. The molecule has 3 rings (SSSR count). The number of amides is 1. The molecule has 0 saturated carbocycles. The van der Waals surface area contributed by atoms with E-state index in [1.54, 1.807) is 30.3 Å². The zero-order chi connectivity index (χ0) is 15.7. The van der Waals surface area contributed by atoms with Gasteiger partial charge in [-0.15, -0.1) is 0 Å². The number of hydrogen-bond acceptors (Lipinski definition) is 4. The van der Waals surface area contributed by atoms with Crippen molar-refractivity contribution in [2.45, 2.75) is 12.5 Å². The highest BCUT2D eigenvalue weighted by atomic mass is 16.6. The van der Waals surface area contributed by atoms with Crippen molar-refractivity contribution < 1.29 is 14.5 Å². The predicted octanol–water partition coefficient (Wildman–Crippen LogP) is 2.65. The third-order valence-electron chi connectivity index (χ3n) is 3.66. The maximum absolute atomic E-state index is 12.3. The molecular formula is C16H12N2O4. The summed E-state index contributed by atoms with van der Waals surface area (Å²) < 4.78 is 0. The van der Waals surface area contributed by atoms with Gasteiger partial charge >= 0.3 is 0 Å². The van der Waals surface area contributed by atoms with Crippen LogP contribution in [0, 0.1) is 10.1 Å². The summed E-state index contributed by atoms with van der Waals surface area (Å²) in [7, 11) is 0. The molecule has 0 saturated heterocycles. The highest BCUT2D eigenvalue weighted by Crippen LogP contribution is 2.34. The Balaban J connectivity index is 1.91. The van der Waals surface area contributed by atoms with E-state index in [1.807, 2.05) is 6.07 Å². The number of Topliss-reactive ketones (excluding diaryl/α,β-unsaturated/α-hetero) is 1. The van der Waals surface area contributed by atoms with Crippen LogP contribution in [-0.2, 0) is 0 Å². The number of carbonyl (C=O) groups is 2. The lowest BCUT2D eigenvalue weighted by Gasteiger charge is -2.10. The van der Waals surface area contributed by atoms with Crippen LogP contribution in [0.15, 0.2) is 48.5 Å². The first-order valence-electron chi connectivity index (χ1n) is 6.74. The molecule has 0 spiro atoms. The normalized spacial score (nSPS) is 16.0. The summed E-state index contributed by atoms with van der Waals surface area (Å²) >= 11 is 0. The van der Waals surface area contributed by atoms with Crippen molar-refractivity contribution >= 4 is 17.4 Å². The van der Waals surface area contributed by atoms with E-state index in [-0.39, 0.29) is 23.5 Å². The summed E-state index contributed by atoms with van der Waals surface area (Å²) in [4.78, 5) is 34.7. The molecule has 1 amide bonds. The maximum atomic E-state index is 12.3. The summed E-state index contributed by atoms with van der Waals surface area (Å²) in [5.41, 5.74) is 0.877. The van der Waals surface area contributed by atoms with Crippen LogP contribution in [0.2, 0.25) is 0 Å². The average molecular weight is 296 g/mol. The topological polar surface area (TPSA) is 89.3 Å². The molecule has 6 heteroatoms. The second kappa shape index (κ2) is 5.40. The van der Waals surface area contributed by atoms with Gasteiger partial charge in [0.05, 0.1) is 11.0 Å². The van der Waals surface area contributed by atoms with Gasteiger partial charge in [-0.25, -0.2) is 0 Å². The Hall–Kier alpha value is -3.02. The quantitative estimate of drug-likeness (QED) is 0.533. The van der Waals surface area contributed by atoms with Gasteiger partial charge in [0, 0.05) is 18.1 Å². The van der Waals surface area contributed by atoms with Crippen LogP contribution in [-0.4, -0.2) is 16.6 Å². The minimum absolute atomic E-state index is 0.0540. The first kappa shape index (κ1) is 13.9. The molecule has 0 aliphatic carbocycles. The third kappa shape index (κ3) is 2.35. The van der Waals surface area contributed by atoms with Crippen molar-refractivity contribution in [3.63, 3.8) is 0 Å². The largest absolute Gasteiger partial charge is 0.345 e. The third-order valence-corrected chi connectivity index (χ3v) is 3.66. The Morgan fingerprint density at radius 3 is 2.55 bits per heavy atom. The van der Waals surface area contributed by atoms with Crippen LogP contribution in [0.5, 0.6) is 0 Å². The maximum Gasteiger partial charge on any atom is 0.282 e. The van der Waals surface area contributed by atoms with E-state index in [0.717, 1.165) is 0 Å². The molecule has 0 bridgehead atoms. The summed E-state index contributed by atoms with van der Waals surface area (Å²) in [5, 5.41) is 13.7. The van der Waals surface area contributed by atoms with Crippen molar-refractivity contribution in [3.05, 3.63) is 75.3 Å². The van der Waals surface area contributed by atoms with Crippen molar-refractivity contribution in [1.82, 2.24) is 5.32 Å². The molecule has 2 aromatic carbocycles. The molecule has 0 radical (unpaired) electrons. The number of nitro benzene ring substituents is 1. The van der Waals surface area contributed by atoms with Gasteiger partial charge in [-0.05, 0) is 5.56 Å². The highest BCUT2D eigenvalue weighted by molar-refractivity contribution is 6.04. The van der Waals surface area contributed by atoms with Gasteiger partial charge in [-0.1, -0.05) is 42.5 Å². The van der Waals surface area contributed by atoms with E-state index in [9.17, 15) is 19.7 Å². The Kier molecular flexibility index (Phi) is 3.42. The van der Waals surface area contributed by atoms with Crippen LogP contribution in [0.1, 0.15) is 38.7 Å². The van der Waals surface area contributed by atoms with Crippen molar-refractivity contribution in [3.8, 4) is 0 Å². The molecule has 1 aliphatic rings. The van der Waals surface area contributed by atoms with Gasteiger partial charge in [-0.3, -0.25) is 19.7 Å². The first-order chi connectivity index (χ1) is 10.6. The van der Waals surface area contributed by atoms with E-state index in [4.69, 9.17) is 0 Å². The predicted molar refractivity (Wildman–Crippen MR) is 78.7 cm³/mol. The van der Waals surface area contributed by atoms with Crippen molar-refractivity contribution in [2.75, 3.05) is 0 Å². The number of nitrogens with zero attached hydrogens (tertiary/aromatic N) is 1. The Labute approximate surface area is 125 Å². The van der Waals surface area contributed by atoms with Gasteiger partial charge < -0.3 is 5.32 Å². The number of hydrogen-bond donors (Lipinski definition) is 1. The average Bonchev–Trinajstić information content (AvgIpc) is 2.84. The Morgan fingerprint density at radius 2 is 1.86 bits per heavy atom. The standard InChI is InChI=1S/C16H12N2O4/c19-14(10-5-2-1-3-6-10)9-12-11-7-4-8-13(18(21)22)15(11)16(20)17-12/h1-8,12H,9H2,(H,17,20)/t12-/m0/s1. The van der Waals surface area contributed by atoms with E-state index in [1.165, 1.54) is 12.1 Å². The molecule has 2 aromatic rings. The number of nitrogens with one attached hydrogen (secondary N) is 1. The van der Waals surface area contributed by atoms with Crippen LogP contribution in [0.3, 0.4) is 0 Å². The number of fused-ring (bicyclic) bond motifs is 1. The summed E-state index contributed by atoms with van der Waals surface area (Å²) in [6.45, 7) is 0. The first-order valence-corrected chi connectivity index (χ1v) is 6.74. The van der Waals surface area contributed by atoms with E-state index in [2.05, 4.69) is 5.32 Å². The molecule has 0 aromatic heterocycles. The molecule has 22 heavy (non-hydrogen) atoms. The second-order valence-electron chi connectivity index (χ2n) is 5.02. The lowest BCUT2D eigenvalue weighted by atomic mass is 9.97. The van der Waals surface area contributed by atoms with Crippen LogP contribution >= 0.6 is 0 Å². The number of carbonyl (C=O) groups excluding carboxylic acids is 2. The fourth-order valence-corrected chi connectivity index (χ4v) is 2.64. The fourth-order valence-electron chi connectivity index (χ4n) is 2.64. The minimum Gasteiger partial charge on any atom is -0.345 e. The van der Waals surface area contributed by atoms with Crippen LogP contribution < -0.4 is 5.32 Å². The molecule has 110 valence electrons. The zero-order valence-electron chi connectivity index (χ0n) is 11.5. The monoisotopic (exact) mass is 296 g/mol. The molecule has 0 fully saturated rings. The van der Waals surface area contributed by atoms with Crippen molar-refractivity contribution in [1.29, 1.82) is 0 Å². The number of nitro groups is 1. The lowest BCUT2D eigenvalue weighted by molar-refractivity contribution is -0.385. The molecule has 1 heterocycles. The molecular weight excluding hydrogens is 284 g/mol. The number of rotatable bonds is 4. The number of ketones is 1. The molecule has 0 unspecified atom stereocenters. The SMILES string of the molecule is O=C(C[C@@H]1NC(=O)c2c1cccc2[N+](=O)[O-])c1ccccc1. The van der Waals surface area contributed by atoms with E-state index >= 15 is 0 Å². The van der Waals surface area contributed by atoms with E-state index in [0.29, 0.717) is 11.1 Å². The second-order valence-corrected chi connectivity index (χ2v) is 5.02. The summed E-state index contributed by atoms with van der Waals surface area (Å²) in [6.07, 6.45) is 0.0733. The Morgan fingerprint density at radius 1 is 1.14 bits per heavy atom. The van der Waals surface area contributed by atoms with Gasteiger partial charge in [0.1, 0.15) is 5.56 Å². The van der Waals surface area contributed by atoms with Gasteiger partial charge in [-0.2, -0.15) is 0 Å². The van der Waals surface area contributed by atoms with Crippen LogP contribution in [0.25, 0.3) is 0 Å². The minimum atomic E-state index is -0.584. The summed E-state index contributed by atoms with van der Waals surface area (Å²) in [5.74, 6) is -0.626. The smallest absolute Gasteiger partial charge is 0.282 e. The Bertz CT molecular complexity index is 771. The van der Waals surface area contributed by atoms with E-state index < -0.39 is 16.9 Å². The zero-order valence-corrected chi connectivity index (χ0v) is 11.5. The van der Waals surface area contributed by atoms with Crippen LogP contribution in [0.4, 0.5) is 5.69 Å². The fraction of sp³-hybridized carbons (Fsp3) is 0.125. The summed E-state index contributed by atoms with van der Waals surface area (Å²) in [6, 6.07) is 12.7.